The molecule has 90 valence electrons. The van der Waals surface area contributed by atoms with E-state index in [1.165, 1.54) is 0 Å². The molecule has 0 radical (unpaired) electrons. The number of hydrogen-bond acceptors (Lipinski definition) is 3. The van der Waals surface area contributed by atoms with Gasteiger partial charge in [-0.3, -0.25) is 0 Å². The summed E-state index contributed by atoms with van der Waals surface area (Å²) in [5.74, 6) is 0.459. The lowest BCUT2D eigenvalue weighted by molar-refractivity contribution is 0.123. The molecule has 0 amide bonds. The lowest BCUT2D eigenvalue weighted by atomic mass is 10.2. The van der Waals surface area contributed by atoms with Crippen LogP contribution in [0.3, 0.4) is 0 Å². The van der Waals surface area contributed by atoms with Gasteiger partial charge in [-0.2, -0.15) is 0 Å². The molecule has 1 unspecified atom stereocenters. The number of ether oxygens (including phenoxy) is 1. The summed E-state index contributed by atoms with van der Waals surface area (Å²) in [7, 11) is 1.50. The van der Waals surface area contributed by atoms with Gasteiger partial charge in [0.1, 0.15) is 0 Å². The summed E-state index contributed by atoms with van der Waals surface area (Å²) in [4.78, 5) is 0. The molecule has 0 saturated heterocycles. The fourth-order valence-electron chi connectivity index (χ4n) is 1.38. The molecule has 0 fully saturated rings. The van der Waals surface area contributed by atoms with Crippen LogP contribution in [0.25, 0.3) is 0 Å². The first-order chi connectivity index (χ1) is 6.93. The van der Waals surface area contributed by atoms with Gasteiger partial charge in [-0.1, -0.05) is 19.1 Å². The minimum absolute atomic E-state index is 0.459. The van der Waals surface area contributed by atoms with E-state index in [0.717, 1.165) is 18.2 Å². The number of rotatable bonds is 8. The van der Waals surface area contributed by atoms with E-state index < -0.39 is 8.56 Å². The lowest BCUT2D eigenvalue weighted by Gasteiger charge is -2.25. The standard InChI is InChI=1S/C11H24O3Si/c1-10(2)7-14-8-11(3)9-15(6,12-4)13-5/h11H,1,7-9H2,2-6H3. The highest BCUT2D eigenvalue weighted by Crippen LogP contribution is 2.18. The third-order valence-electron chi connectivity index (χ3n) is 2.33. The molecule has 0 spiro atoms. The van der Waals surface area contributed by atoms with Crippen molar-refractivity contribution in [3.63, 3.8) is 0 Å². The van der Waals surface area contributed by atoms with Crippen LogP contribution in [0.5, 0.6) is 0 Å². The third kappa shape index (κ3) is 6.84. The highest BCUT2D eigenvalue weighted by atomic mass is 28.4. The molecule has 0 aromatic rings. The molecule has 15 heavy (non-hydrogen) atoms. The normalized spacial score (nSPS) is 13.9. The van der Waals surface area contributed by atoms with Gasteiger partial charge in [0.25, 0.3) is 0 Å². The van der Waals surface area contributed by atoms with Crippen molar-refractivity contribution in [1.82, 2.24) is 0 Å². The average Bonchev–Trinajstić information content (AvgIpc) is 2.17. The highest BCUT2D eigenvalue weighted by Gasteiger charge is 2.30. The Kier molecular flexibility index (Phi) is 7.09. The summed E-state index contributed by atoms with van der Waals surface area (Å²) in [6, 6.07) is 0.955. The van der Waals surface area contributed by atoms with Gasteiger partial charge in [0.15, 0.2) is 0 Å². The zero-order chi connectivity index (χ0) is 11.9. The minimum atomic E-state index is -1.94. The van der Waals surface area contributed by atoms with E-state index in [9.17, 15) is 0 Å². The van der Waals surface area contributed by atoms with Crippen LogP contribution in [0.15, 0.2) is 12.2 Å². The van der Waals surface area contributed by atoms with Crippen molar-refractivity contribution in [3.05, 3.63) is 12.2 Å². The fraction of sp³-hybridized carbons (Fsp3) is 0.818. The van der Waals surface area contributed by atoms with Gasteiger partial charge in [-0.25, -0.2) is 0 Å². The lowest BCUT2D eigenvalue weighted by Crippen LogP contribution is -2.38. The maximum atomic E-state index is 5.50. The fourth-order valence-corrected chi connectivity index (χ4v) is 3.26. The topological polar surface area (TPSA) is 27.7 Å². The molecule has 0 rings (SSSR count). The van der Waals surface area contributed by atoms with E-state index in [0.29, 0.717) is 12.5 Å². The summed E-state index contributed by atoms with van der Waals surface area (Å²) in [5, 5.41) is 0. The molecule has 0 saturated carbocycles. The molecule has 1 atom stereocenters. The molecule has 0 N–H and O–H groups in total. The second kappa shape index (κ2) is 7.17. The van der Waals surface area contributed by atoms with E-state index in [1.807, 2.05) is 6.92 Å². The first-order valence-corrected chi connectivity index (χ1v) is 7.78. The maximum absolute atomic E-state index is 5.50. The van der Waals surface area contributed by atoms with Crippen LogP contribution in [-0.2, 0) is 13.6 Å². The van der Waals surface area contributed by atoms with Crippen molar-refractivity contribution in [2.45, 2.75) is 26.4 Å². The minimum Gasteiger partial charge on any atom is -0.398 e. The van der Waals surface area contributed by atoms with Gasteiger partial charge in [0.2, 0.25) is 0 Å². The molecular formula is C11H24O3Si. The van der Waals surface area contributed by atoms with Crippen molar-refractivity contribution in [1.29, 1.82) is 0 Å². The SMILES string of the molecule is C=C(C)COCC(C)C[Si](C)(OC)OC. The van der Waals surface area contributed by atoms with E-state index in [-0.39, 0.29) is 0 Å². The molecule has 0 aromatic heterocycles. The molecule has 0 aliphatic rings. The van der Waals surface area contributed by atoms with E-state index in [2.05, 4.69) is 20.0 Å². The van der Waals surface area contributed by atoms with Crippen LogP contribution < -0.4 is 0 Å². The Morgan fingerprint density at radius 1 is 1.33 bits per heavy atom. The Morgan fingerprint density at radius 3 is 2.27 bits per heavy atom. The zero-order valence-corrected chi connectivity index (χ0v) is 11.6. The van der Waals surface area contributed by atoms with Crippen molar-refractivity contribution in [3.8, 4) is 0 Å². The third-order valence-corrected chi connectivity index (χ3v) is 5.50. The van der Waals surface area contributed by atoms with Crippen LogP contribution in [0, 0.1) is 5.92 Å². The molecule has 4 heteroatoms. The molecule has 0 bridgehead atoms. The Labute approximate surface area is 94.7 Å². The first kappa shape index (κ1) is 14.8. The van der Waals surface area contributed by atoms with Crippen LogP contribution in [0.1, 0.15) is 13.8 Å². The Balaban J connectivity index is 3.81. The summed E-state index contributed by atoms with van der Waals surface area (Å²) in [6.45, 7) is 11.4. The van der Waals surface area contributed by atoms with Gasteiger partial charge >= 0.3 is 8.56 Å². The van der Waals surface area contributed by atoms with Gasteiger partial charge < -0.3 is 13.6 Å². The first-order valence-electron chi connectivity index (χ1n) is 5.26. The Morgan fingerprint density at radius 2 is 1.87 bits per heavy atom. The second-order valence-electron chi connectivity index (χ2n) is 4.32. The second-order valence-corrected chi connectivity index (χ2v) is 7.82. The van der Waals surface area contributed by atoms with E-state index in [1.54, 1.807) is 14.2 Å². The van der Waals surface area contributed by atoms with Crippen LogP contribution in [0.4, 0.5) is 0 Å². The Hall–Kier alpha value is -0.163. The van der Waals surface area contributed by atoms with Crippen molar-refractivity contribution in [2.24, 2.45) is 5.92 Å². The van der Waals surface area contributed by atoms with Crippen LogP contribution in [0.2, 0.25) is 12.6 Å². The summed E-state index contributed by atoms with van der Waals surface area (Å²) in [6.07, 6.45) is 0. The van der Waals surface area contributed by atoms with Crippen molar-refractivity contribution < 1.29 is 13.6 Å². The van der Waals surface area contributed by atoms with Crippen LogP contribution in [-0.4, -0.2) is 36.0 Å². The molecule has 3 nitrogen and oxygen atoms in total. The van der Waals surface area contributed by atoms with Crippen LogP contribution >= 0.6 is 0 Å². The van der Waals surface area contributed by atoms with Gasteiger partial charge in [0.05, 0.1) is 6.61 Å². The predicted octanol–water partition coefficient (Wildman–Crippen LogP) is 2.58. The molecule has 0 aliphatic carbocycles. The number of hydrogen-bond donors (Lipinski definition) is 0. The predicted molar refractivity (Wildman–Crippen MR) is 65.2 cm³/mol. The highest BCUT2D eigenvalue weighted by molar-refractivity contribution is 6.65. The van der Waals surface area contributed by atoms with E-state index >= 15 is 0 Å². The smallest absolute Gasteiger partial charge is 0.334 e. The van der Waals surface area contributed by atoms with Gasteiger partial charge in [-0.15, -0.1) is 0 Å². The maximum Gasteiger partial charge on any atom is 0.334 e. The van der Waals surface area contributed by atoms with Crippen molar-refractivity contribution in [2.75, 3.05) is 27.4 Å². The molecule has 0 heterocycles. The molecule has 0 aliphatic heterocycles. The molecular weight excluding hydrogens is 208 g/mol. The monoisotopic (exact) mass is 232 g/mol. The quantitative estimate of drug-likeness (QED) is 0.475. The van der Waals surface area contributed by atoms with Crippen molar-refractivity contribution >= 4 is 8.56 Å². The molecule has 0 aromatic carbocycles. The van der Waals surface area contributed by atoms with E-state index in [4.69, 9.17) is 13.6 Å². The zero-order valence-electron chi connectivity index (χ0n) is 10.6. The van der Waals surface area contributed by atoms with Gasteiger partial charge in [0, 0.05) is 20.8 Å². The summed E-state index contributed by atoms with van der Waals surface area (Å²) < 4.78 is 16.4. The average molecular weight is 232 g/mol. The summed E-state index contributed by atoms with van der Waals surface area (Å²) in [5.41, 5.74) is 1.06. The summed E-state index contributed by atoms with van der Waals surface area (Å²) >= 11 is 0. The Bertz CT molecular complexity index is 190. The largest absolute Gasteiger partial charge is 0.398 e. The van der Waals surface area contributed by atoms with Gasteiger partial charge in [-0.05, 0) is 25.4 Å².